The van der Waals surface area contributed by atoms with Gasteiger partial charge in [-0.15, -0.1) is 5.10 Å². The molecule has 0 fully saturated rings. The first kappa shape index (κ1) is 9.46. The fourth-order valence-electron chi connectivity index (χ4n) is 0.709. The van der Waals surface area contributed by atoms with E-state index in [4.69, 9.17) is 11.6 Å². The number of hydrogen-bond acceptors (Lipinski definition) is 4. The average molecular weight is 205 g/mol. The summed E-state index contributed by atoms with van der Waals surface area (Å²) in [6, 6.07) is 0. The molecule has 0 aliphatic rings. The van der Waals surface area contributed by atoms with Crippen LogP contribution in [-0.4, -0.2) is 28.1 Å². The van der Waals surface area contributed by atoms with Crippen molar-refractivity contribution in [3.8, 4) is 0 Å². The van der Waals surface area contributed by atoms with Crippen molar-refractivity contribution in [3.63, 3.8) is 0 Å². The Morgan fingerprint density at radius 2 is 2.38 bits per heavy atom. The quantitative estimate of drug-likeness (QED) is 0.535. The van der Waals surface area contributed by atoms with Crippen molar-refractivity contribution in [1.29, 1.82) is 0 Å². The van der Waals surface area contributed by atoms with Gasteiger partial charge in [0.15, 0.2) is 10.7 Å². The van der Waals surface area contributed by atoms with Crippen LogP contribution < -0.4 is 5.32 Å². The summed E-state index contributed by atoms with van der Waals surface area (Å²) in [5.41, 5.74) is -0.184. The van der Waals surface area contributed by atoms with Crippen molar-refractivity contribution in [2.45, 2.75) is 0 Å². The van der Waals surface area contributed by atoms with Crippen LogP contribution in [0.4, 0.5) is 5.82 Å². The fourth-order valence-corrected chi connectivity index (χ4v) is 0.948. The van der Waals surface area contributed by atoms with E-state index in [9.17, 15) is 14.9 Å². The minimum absolute atomic E-state index is 0.184. The molecule has 0 radical (unpaired) electrons. The predicted molar refractivity (Wildman–Crippen MR) is 43.6 cm³/mol. The van der Waals surface area contributed by atoms with E-state index in [1.54, 1.807) is 0 Å². The van der Waals surface area contributed by atoms with E-state index < -0.39 is 16.6 Å². The van der Waals surface area contributed by atoms with Gasteiger partial charge in [0.1, 0.15) is 0 Å². The monoisotopic (exact) mass is 204 g/mol. The molecular weight excluding hydrogens is 200 g/mol. The lowest BCUT2D eigenvalue weighted by atomic mass is 10.4. The smallest absolute Gasteiger partial charge is 0.358 e. The highest BCUT2D eigenvalue weighted by Crippen LogP contribution is 2.24. The van der Waals surface area contributed by atoms with Crippen LogP contribution in [0.15, 0.2) is 0 Å². The summed E-state index contributed by atoms with van der Waals surface area (Å²) in [5, 5.41) is 17.7. The van der Waals surface area contributed by atoms with Crippen LogP contribution in [0, 0.1) is 10.1 Å². The van der Waals surface area contributed by atoms with Gasteiger partial charge in [0.2, 0.25) is 0 Å². The van der Waals surface area contributed by atoms with Gasteiger partial charge in [-0.3, -0.25) is 4.79 Å². The Kier molecular flexibility index (Phi) is 2.47. The molecule has 0 atom stereocenters. The topological polar surface area (TPSA) is 101 Å². The fraction of sp³-hybridized carbons (Fsp3) is 0.200. The molecule has 13 heavy (non-hydrogen) atoms. The van der Waals surface area contributed by atoms with Crippen molar-refractivity contribution < 1.29 is 9.72 Å². The van der Waals surface area contributed by atoms with Crippen LogP contribution in [0.2, 0.25) is 5.02 Å². The van der Waals surface area contributed by atoms with E-state index in [0.717, 1.165) is 0 Å². The van der Waals surface area contributed by atoms with E-state index in [0.29, 0.717) is 0 Å². The first-order valence-electron chi connectivity index (χ1n) is 3.18. The van der Waals surface area contributed by atoms with Crippen LogP contribution in [-0.2, 0) is 0 Å². The minimum Gasteiger partial charge on any atom is -0.358 e. The lowest BCUT2D eigenvalue weighted by Crippen LogP contribution is -2.18. The third-order valence-electron chi connectivity index (χ3n) is 1.31. The Morgan fingerprint density at radius 1 is 1.77 bits per heavy atom. The zero-order chi connectivity index (χ0) is 10.0. The van der Waals surface area contributed by atoms with Crippen molar-refractivity contribution >= 4 is 23.3 Å². The van der Waals surface area contributed by atoms with E-state index >= 15 is 0 Å². The third-order valence-corrected chi connectivity index (χ3v) is 1.67. The van der Waals surface area contributed by atoms with Gasteiger partial charge < -0.3 is 15.4 Å². The number of aromatic nitrogens is 2. The van der Waals surface area contributed by atoms with E-state index in [1.165, 1.54) is 7.05 Å². The lowest BCUT2D eigenvalue weighted by Gasteiger charge is -1.92. The third kappa shape index (κ3) is 1.59. The Morgan fingerprint density at radius 3 is 2.77 bits per heavy atom. The minimum atomic E-state index is -0.748. The SMILES string of the molecule is CNC(=O)c1n[nH]c([N+](=O)[O-])c1Cl. The van der Waals surface area contributed by atoms with E-state index in [1.807, 2.05) is 5.10 Å². The maximum atomic E-state index is 11.0. The van der Waals surface area contributed by atoms with Crippen LogP contribution in [0.25, 0.3) is 0 Å². The van der Waals surface area contributed by atoms with Gasteiger partial charge in [-0.25, -0.2) is 0 Å². The average Bonchev–Trinajstić information content (AvgIpc) is 2.46. The number of nitrogens with one attached hydrogen (secondary N) is 2. The van der Waals surface area contributed by atoms with Crippen molar-refractivity contribution in [3.05, 3.63) is 20.8 Å². The second kappa shape index (κ2) is 3.40. The summed E-state index contributed by atoms with van der Waals surface area (Å²) >= 11 is 5.50. The predicted octanol–water partition coefficient (Wildman–Crippen LogP) is 0.331. The second-order valence-corrected chi connectivity index (χ2v) is 2.45. The number of carbonyl (C=O) groups is 1. The molecule has 7 nitrogen and oxygen atoms in total. The largest absolute Gasteiger partial charge is 0.362 e. The number of H-pyrrole nitrogens is 1. The summed E-state index contributed by atoms with van der Waals surface area (Å²) in [4.78, 5) is 20.5. The number of carbonyl (C=O) groups excluding carboxylic acids is 1. The lowest BCUT2D eigenvalue weighted by molar-refractivity contribution is -0.389. The number of nitro groups is 1. The zero-order valence-corrected chi connectivity index (χ0v) is 7.25. The van der Waals surface area contributed by atoms with Crippen molar-refractivity contribution in [2.24, 2.45) is 0 Å². The van der Waals surface area contributed by atoms with Gasteiger partial charge in [0.25, 0.3) is 5.91 Å². The molecule has 1 heterocycles. The Labute approximate surface area is 77.2 Å². The first-order chi connectivity index (χ1) is 6.07. The molecule has 0 saturated heterocycles. The summed E-state index contributed by atoms with van der Waals surface area (Å²) in [7, 11) is 1.37. The van der Waals surface area contributed by atoms with Gasteiger partial charge >= 0.3 is 5.82 Å². The van der Waals surface area contributed by atoms with Crippen LogP contribution >= 0.6 is 11.6 Å². The number of hydrogen-bond donors (Lipinski definition) is 2. The number of nitrogens with zero attached hydrogens (tertiary/aromatic N) is 2. The molecule has 1 aromatic rings. The van der Waals surface area contributed by atoms with Gasteiger partial charge in [-0.1, -0.05) is 16.7 Å². The number of halogens is 1. The summed E-state index contributed by atoms with van der Waals surface area (Å²) in [6.07, 6.45) is 0. The molecule has 8 heteroatoms. The first-order valence-corrected chi connectivity index (χ1v) is 3.56. The molecule has 70 valence electrons. The molecular formula is C5H5ClN4O3. The summed E-state index contributed by atoms with van der Waals surface area (Å²) in [6.45, 7) is 0. The van der Waals surface area contributed by atoms with Crippen LogP contribution in [0.5, 0.6) is 0 Å². The molecule has 0 unspecified atom stereocenters. The highest BCUT2D eigenvalue weighted by molar-refractivity contribution is 6.35. The maximum absolute atomic E-state index is 11.0. The molecule has 0 saturated carbocycles. The molecule has 1 aromatic heterocycles. The van der Waals surface area contributed by atoms with Gasteiger partial charge in [0.05, 0.1) is 0 Å². The van der Waals surface area contributed by atoms with E-state index in [2.05, 4.69) is 10.4 Å². The molecule has 0 aliphatic carbocycles. The second-order valence-electron chi connectivity index (χ2n) is 2.07. The van der Waals surface area contributed by atoms with Gasteiger partial charge in [-0.2, -0.15) is 0 Å². The molecule has 0 spiro atoms. The molecule has 1 amide bonds. The summed E-state index contributed by atoms with van der Waals surface area (Å²) < 4.78 is 0. The Balaban J connectivity index is 3.13. The van der Waals surface area contributed by atoms with Gasteiger partial charge in [-0.05, 0) is 4.92 Å². The Bertz CT molecular complexity index is 361. The van der Waals surface area contributed by atoms with E-state index in [-0.39, 0.29) is 10.7 Å². The number of rotatable bonds is 2. The molecule has 2 N–H and O–H groups in total. The van der Waals surface area contributed by atoms with Crippen molar-refractivity contribution in [2.75, 3.05) is 7.05 Å². The number of amides is 1. The molecule has 0 aliphatic heterocycles. The normalized spacial score (nSPS) is 9.69. The molecule has 0 aromatic carbocycles. The molecule has 1 rings (SSSR count). The van der Waals surface area contributed by atoms with Gasteiger partial charge in [0, 0.05) is 7.05 Å². The van der Waals surface area contributed by atoms with Crippen LogP contribution in [0.1, 0.15) is 10.5 Å². The summed E-state index contributed by atoms with van der Waals surface area (Å²) in [5.74, 6) is -1.06. The van der Waals surface area contributed by atoms with Crippen molar-refractivity contribution in [1.82, 2.24) is 15.5 Å². The highest BCUT2D eigenvalue weighted by atomic mass is 35.5. The van der Waals surface area contributed by atoms with Crippen LogP contribution in [0.3, 0.4) is 0 Å². The maximum Gasteiger partial charge on any atom is 0.362 e. The highest BCUT2D eigenvalue weighted by Gasteiger charge is 2.23. The Hall–Kier alpha value is -1.63. The number of aromatic amines is 1. The standard InChI is InChI=1S/C5H5ClN4O3/c1-7-5(11)3-2(6)4(9-8-3)10(12)13/h1H3,(H,7,11)(H,8,9). The molecule has 0 bridgehead atoms. The zero-order valence-electron chi connectivity index (χ0n) is 6.50.